The molecule has 3 heterocycles. The summed E-state index contributed by atoms with van der Waals surface area (Å²) < 4.78 is 4.71. The third-order valence-electron chi connectivity index (χ3n) is 3.19. The first-order valence-corrected chi connectivity index (χ1v) is 4.70. The molecule has 3 saturated heterocycles. The van der Waals surface area contributed by atoms with E-state index in [1.54, 1.807) is 0 Å². The Morgan fingerprint density at radius 2 is 2.31 bits per heavy atom. The van der Waals surface area contributed by atoms with E-state index in [4.69, 9.17) is 4.74 Å². The Morgan fingerprint density at radius 1 is 1.54 bits per heavy atom. The molecule has 4 atom stereocenters. The van der Waals surface area contributed by atoms with Crippen molar-refractivity contribution in [2.45, 2.75) is 12.5 Å². The molecule has 74 valence electrons. The minimum atomic E-state index is -0.341. The maximum atomic E-state index is 11.3. The number of aliphatic hydroxyl groups is 1. The van der Waals surface area contributed by atoms with Gasteiger partial charge in [-0.25, -0.2) is 0 Å². The Bertz CT molecular complexity index is 219. The lowest BCUT2D eigenvalue weighted by Gasteiger charge is -2.46. The summed E-state index contributed by atoms with van der Waals surface area (Å²) in [4.78, 5) is 13.5. The molecule has 0 aromatic heterocycles. The third kappa shape index (κ3) is 1.44. The molecule has 3 aliphatic heterocycles. The fourth-order valence-corrected chi connectivity index (χ4v) is 2.46. The van der Waals surface area contributed by atoms with Gasteiger partial charge >= 0.3 is 5.97 Å². The topological polar surface area (TPSA) is 49.8 Å². The van der Waals surface area contributed by atoms with Crippen LogP contribution in [0.1, 0.15) is 6.42 Å². The zero-order valence-corrected chi connectivity index (χ0v) is 7.77. The SMILES string of the molecule is COC(=O)[C@@H]1CN2CC[C@H]1[C@H](O)C2. The van der Waals surface area contributed by atoms with Gasteiger partial charge in [-0.05, 0) is 13.0 Å². The summed E-state index contributed by atoms with van der Waals surface area (Å²) in [6, 6.07) is 0. The van der Waals surface area contributed by atoms with E-state index >= 15 is 0 Å². The molecule has 0 radical (unpaired) electrons. The van der Waals surface area contributed by atoms with Gasteiger partial charge in [0.25, 0.3) is 0 Å². The molecular weight excluding hydrogens is 170 g/mol. The minimum absolute atomic E-state index is 0.109. The second kappa shape index (κ2) is 3.27. The lowest BCUT2D eigenvalue weighted by molar-refractivity contribution is -0.158. The van der Waals surface area contributed by atoms with E-state index in [-0.39, 0.29) is 23.9 Å². The number of methoxy groups -OCH3 is 1. The Labute approximate surface area is 77.5 Å². The predicted molar refractivity (Wildman–Crippen MR) is 46.1 cm³/mol. The normalized spacial score (nSPS) is 43.2. The number of aliphatic hydroxyl groups excluding tert-OH is 1. The number of ether oxygens (including phenoxy) is 1. The molecule has 2 bridgehead atoms. The number of piperidine rings is 3. The van der Waals surface area contributed by atoms with Gasteiger partial charge in [-0.1, -0.05) is 0 Å². The summed E-state index contributed by atoms with van der Waals surface area (Å²) in [5.41, 5.74) is 0. The molecule has 0 amide bonds. The maximum Gasteiger partial charge on any atom is 0.310 e. The Balaban J connectivity index is 2.10. The summed E-state index contributed by atoms with van der Waals surface area (Å²) >= 11 is 0. The first-order valence-electron chi connectivity index (χ1n) is 4.70. The van der Waals surface area contributed by atoms with Crippen molar-refractivity contribution in [3.8, 4) is 0 Å². The van der Waals surface area contributed by atoms with Crippen LogP contribution in [0.5, 0.6) is 0 Å². The van der Waals surface area contributed by atoms with Crippen molar-refractivity contribution in [2.75, 3.05) is 26.7 Å². The molecule has 0 aromatic carbocycles. The number of carbonyl (C=O) groups excluding carboxylic acids is 1. The number of nitrogens with zero attached hydrogens (tertiary/aromatic N) is 1. The van der Waals surface area contributed by atoms with E-state index in [0.717, 1.165) is 26.1 Å². The van der Waals surface area contributed by atoms with Gasteiger partial charge in [0, 0.05) is 19.0 Å². The molecule has 0 spiro atoms. The van der Waals surface area contributed by atoms with E-state index in [9.17, 15) is 9.90 Å². The zero-order chi connectivity index (χ0) is 9.42. The fourth-order valence-electron chi connectivity index (χ4n) is 2.46. The van der Waals surface area contributed by atoms with Crippen molar-refractivity contribution in [2.24, 2.45) is 11.8 Å². The monoisotopic (exact) mass is 185 g/mol. The molecule has 4 nitrogen and oxygen atoms in total. The van der Waals surface area contributed by atoms with Crippen molar-refractivity contribution in [1.82, 2.24) is 4.90 Å². The van der Waals surface area contributed by atoms with Gasteiger partial charge < -0.3 is 9.84 Å². The number of fused-ring (bicyclic) bond motifs is 3. The molecule has 0 saturated carbocycles. The lowest BCUT2D eigenvalue weighted by Crippen LogP contribution is -2.57. The molecule has 3 fully saturated rings. The van der Waals surface area contributed by atoms with Crippen molar-refractivity contribution in [1.29, 1.82) is 0 Å². The highest BCUT2D eigenvalue weighted by Crippen LogP contribution is 2.33. The molecule has 3 rings (SSSR count). The Hall–Kier alpha value is -0.610. The van der Waals surface area contributed by atoms with Crippen LogP contribution in [-0.2, 0) is 9.53 Å². The molecule has 1 N–H and O–H groups in total. The van der Waals surface area contributed by atoms with Crippen LogP contribution in [0, 0.1) is 11.8 Å². The van der Waals surface area contributed by atoms with E-state index in [1.807, 2.05) is 0 Å². The van der Waals surface area contributed by atoms with Crippen molar-refractivity contribution < 1.29 is 14.6 Å². The fraction of sp³-hybridized carbons (Fsp3) is 0.889. The van der Waals surface area contributed by atoms with E-state index in [0.29, 0.717) is 0 Å². The van der Waals surface area contributed by atoms with E-state index in [2.05, 4.69) is 4.90 Å². The van der Waals surface area contributed by atoms with Gasteiger partial charge in [-0.2, -0.15) is 0 Å². The number of hydrogen-bond donors (Lipinski definition) is 1. The maximum absolute atomic E-state index is 11.3. The highest BCUT2D eigenvalue weighted by molar-refractivity contribution is 5.73. The second-order valence-electron chi connectivity index (χ2n) is 3.91. The average Bonchev–Trinajstić information content (AvgIpc) is 2.17. The predicted octanol–water partition coefficient (Wildman–Crippen LogP) is -0.528. The average molecular weight is 185 g/mol. The van der Waals surface area contributed by atoms with Crippen LogP contribution >= 0.6 is 0 Å². The molecule has 4 heteroatoms. The zero-order valence-electron chi connectivity index (χ0n) is 7.77. The smallest absolute Gasteiger partial charge is 0.310 e. The molecule has 1 unspecified atom stereocenters. The van der Waals surface area contributed by atoms with Gasteiger partial charge in [0.1, 0.15) is 0 Å². The first-order chi connectivity index (χ1) is 6.22. The largest absolute Gasteiger partial charge is 0.469 e. The van der Waals surface area contributed by atoms with Gasteiger partial charge in [0.2, 0.25) is 0 Å². The van der Waals surface area contributed by atoms with Crippen molar-refractivity contribution in [3.05, 3.63) is 0 Å². The lowest BCUT2D eigenvalue weighted by atomic mass is 9.77. The van der Waals surface area contributed by atoms with Gasteiger partial charge in [-0.15, -0.1) is 0 Å². The second-order valence-corrected chi connectivity index (χ2v) is 3.91. The van der Waals surface area contributed by atoms with Crippen molar-refractivity contribution in [3.63, 3.8) is 0 Å². The summed E-state index contributed by atoms with van der Waals surface area (Å²) in [6.07, 6.45) is 0.576. The highest BCUT2D eigenvalue weighted by atomic mass is 16.5. The van der Waals surface area contributed by atoms with Crippen LogP contribution in [0.25, 0.3) is 0 Å². The van der Waals surface area contributed by atoms with Crippen LogP contribution < -0.4 is 0 Å². The minimum Gasteiger partial charge on any atom is -0.469 e. The summed E-state index contributed by atoms with van der Waals surface area (Å²) in [5, 5.41) is 9.66. The number of esters is 1. The van der Waals surface area contributed by atoms with E-state index < -0.39 is 0 Å². The van der Waals surface area contributed by atoms with Crippen LogP contribution in [0.3, 0.4) is 0 Å². The number of rotatable bonds is 1. The number of carbonyl (C=O) groups is 1. The summed E-state index contributed by atoms with van der Waals surface area (Å²) in [7, 11) is 1.41. The van der Waals surface area contributed by atoms with Crippen LogP contribution in [0.4, 0.5) is 0 Å². The van der Waals surface area contributed by atoms with Gasteiger partial charge in [0.05, 0.1) is 19.1 Å². The number of hydrogen-bond acceptors (Lipinski definition) is 4. The first kappa shape index (κ1) is 8.97. The quantitative estimate of drug-likeness (QED) is 0.558. The van der Waals surface area contributed by atoms with E-state index in [1.165, 1.54) is 7.11 Å². The Kier molecular flexibility index (Phi) is 2.26. The third-order valence-corrected chi connectivity index (χ3v) is 3.19. The standard InChI is InChI=1S/C9H15NO3/c1-13-9(12)7-4-10-3-2-6(7)8(11)5-10/h6-8,11H,2-5H2,1H3/t6-,7-,8-/m1/s1. The van der Waals surface area contributed by atoms with Crippen LogP contribution in [-0.4, -0.2) is 48.8 Å². The van der Waals surface area contributed by atoms with Crippen molar-refractivity contribution >= 4 is 5.97 Å². The van der Waals surface area contributed by atoms with Crippen LogP contribution in [0.15, 0.2) is 0 Å². The molecule has 0 aromatic rings. The Morgan fingerprint density at radius 3 is 2.85 bits per heavy atom. The molecular formula is C9H15NO3. The highest BCUT2D eigenvalue weighted by Gasteiger charge is 2.44. The summed E-state index contributed by atoms with van der Waals surface area (Å²) in [5.74, 6) is -0.159. The molecule has 3 aliphatic rings. The molecule has 0 aliphatic carbocycles. The van der Waals surface area contributed by atoms with Gasteiger partial charge in [-0.3, -0.25) is 9.69 Å². The molecule has 13 heavy (non-hydrogen) atoms. The van der Waals surface area contributed by atoms with Crippen LogP contribution in [0.2, 0.25) is 0 Å². The summed E-state index contributed by atoms with van der Waals surface area (Å²) in [6.45, 7) is 2.49. The van der Waals surface area contributed by atoms with Gasteiger partial charge in [0.15, 0.2) is 0 Å².